The number of nitrogens with zero attached hydrogens (tertiary/aromatic N) is 4. The van der Waals surface area contributed by atoms with Gasteiger partial charge >= 0.3 is 0 Å². The van der Waals surface area contributed by atoms with E-state index in [1.165, 1.54) is 5.56 Å². The van der Waals surface area contributed by atoms with Gasteiger partial charge in [-0.25, -0.2) is 9.97 Å². The van der Waals surface area contributed by atoms with E-state index in [-0.39, 0.29) is 5.91 Å². The van der Waals surface area contributed by atoms with Gasteiger partial charge < -0.3 is 19.5 Å². The van der Waals surface area contributed by atoms with Crippen LogP contribution in [-0.4, -0.2) is 60.5 Å². The van der Waals surface area contributed by atoms with E-state index < -0.39 is 0 Å². The molecule has 0 atom stereocenters. The second-order valence-electron chi connectivity index (χ2n) is 6.58. The molecule has 7 heteroatoms. The largest absolute Gasteiger partial charge is 0.461 e. The molecule has 2 aromatic heterocycles. The smallest absolute Gasteiger partial charge is 0.224 e. The Morgan fingerprint density at radius 3 is 2.84 bits per heavy atom. The number of likely N-dealkylation sites (N-methyl/N-ethyl adjacent to an activating group) is 1. The number of carbonyl (C=O) groups excluding carboxylic acids is 1. The van der Waals surface area contributed by atoms with Crippen LogP contribution in [0, 0.1) is 0 Å². The Kier molecular flexibility index (Phi) is 4.40. The molecule has 1 saturated heterocycles. The summed E-state index contributed by atoms with van der Waals surface area (Å²) in [6, 6.07) is 3.74. The summed E-state index contributed by atoms with van der Waals surface area (Å²) in [6.45, 7) is 4.04. The minimum absolute atomic E-state index is 0.190. The molecular formula is C18H23N5O2. The average molecular weight is 341 g/mol. The summed E-state index contributed by atoms with van der Waals surface area (Å²) in [6.07, 6.45) is 3.95. The summed E-state index contributed by atoms with van der Waals surface area (Å²) in [7, 11) is 1.87. The summed E-state index contributed by atoms with van der Waals surface area (Å²) >= 11 is 0. The van der Waals surface area contributed by atoms with Gasteiger partial charge in [0.1, 0.15) is 5.82 Å². The standard InChI is InChI=1S/C18H23N5O2/c1-22-10-11-23(9-6-16(22)24)18-13-4-7-19-8-5-14(13)20-17(21-18)15-3-2-12-25-15/h2-3,12,19H,4-11H2,1H3. The molecule has 0 aromatic carbocycles. The Hall–Kier alpha value is -2.41. The van der Waals surface area contributed by atoms with Crippen molar-refractivity contribution in [2.75, 3.05) is 44.7 Å². The maximum Gasteiger partial charge on any atom is 0.224 e. The van der Waals surface area contributed by atoms with Gasteiger partial charge in [0, 0.05) is 51.6 Å². The highest BCUT2D eigenvalue weighted by Gasteiger charge is 2.25. The molecule has 1 fully saturated rings. The third kappa shape index (κ3) is 3.24. The van der Waals surface area contributed by atoms with Crippen molar-refractivity contribution in [1.29, 1.82) is 0 Å². The summed E-state index contributed by atoms with van der Waals surface area (Å²) < 4.78 is 5.52. The van der Waals surface area contributed by atoms with Gasteiger partial charge in [-0.05, 0) is 25.1 Å². The Bertz CT molecular complexity index is 759. The van der Waals surface area contributed by atoms with Crippen LogP contribution >= 0.6 is 0 Å². The van der Waals surface area contributed by atoms with E-state index in [4.69, 9.17) is 14.4 Å². The van der Waals surface area contributed by atoms with E-state index in [2.05, 4.69) is 10.2 Å². The normalized spacial score (nSPS) is 18.7. The molecule has 2 aromatic rings. The maximum atomic E-state index is 12.0. The van der Waals surface area contributed by atoms with Gasteiger partial charge in [0.15, 0.2) is 11.6 Å². The van der Waals surface area contributed by atoms with Crippen LogP contribution in [0.25, 0.3) is 11.6 Å². The van der Waals surface area contributed by atoms with Crippen molar-refractivity contribution in [2.45, 2.75) is 19.3 Å². The van der Waals surface area contributed by atoms with E-state index in [1.54, 1.807) is 11.2 Å². The van der Waals surface area contributed by atoms with Crippen LogP contribution in [0.4, 0.5) is 5.82 Å². The van der Waals surface area contributed by atoms with Crippen LogP contribution in [0.2, 0.25) is 0 Å². The number of rotatable bonds is 2. The van der Waals surface area contributed by atoms with Crippen molar-refractivity contribution in [1.82, 2.24) is 20.2 Å². The molecule has 0 unspecified atom stereocenters. The lowest BCUT2D eigenvalue weighted by molar-refractivity contribution is -0.129. The number of anilines is 1. The Morgan fingerprint density at radius 1 is 1.12 bits per heavy atom. The van der Waals surface area contributed by atoms with Crippen molar-refractivity contribution in [3.05, 3.63) is 29.7 Å². The molecular weight excluding hydrogens is 318 g/mol. The van der Waals surface area contributed by atoms with Gasteiger partial charge in [-0.3, -0.25) is 4.79 Å². The fourth-order valence-corrected chi connectivity index (χ4v) is 3.44. The van der Waals surface area contributed by atoms with Gasteiger partial charge in [0.25, 0.3) is 0 Å². The first kappa shape index (κ1) is 16.1. The molecule has 0 saturated carbocycles. The molecule has 0 spiro atoms. The lowest BCUT2D eigenvalue weighted by Crippen LogP contribution is -2.31. The molecule has 7 nitrogen and oxygen atoms in total. The SMILES string of the molecule is CN1CCN(c2nc(-c3ccco3)nc3c2CCNCC3)CCC1=O. The van der Waals surface area contributed by atoms with Crippen LogP contribution in [0.3, 0.4) is 0 Å². The van der Waals surface area contributed by atoms with Crippen molar-refractivity contribution in [3.63, 3.8) is 0 Å². The number of carbonyl (C=O) groups is 1. The minimum Gasteiger partial charge on any atom is -0.461 e. The van der Waals surface area contributed by atoms with Crippen LogP contribution in [0.15, 0.2) is 22.8 Å². The van der Waals surface area contributed by atoms with Crippen LogP contribution in [0.1, 0.15) is 17.7 Å². The molecule has 0 bridgehead atoms. The van der Waals surface area contributed by atoms with E-state index >= 15 is 0 Å². The van der Waals surface area contributed by atoms with E-state index in [1.807, 2.05) is 19.2 Å². The lowest BCUT2D eigenvalue weighted by atomic mass is 10.1. The third-order valence-corrected chi connectivity index (χ3v) is 4.93. The molecule has 4 heterocycles. The van der Waals surface area contributed by atoms with Gasteiger partial charge in [0.05, 0.1) is 12.0 Å². The zero-order valence-electron chi connectivity index (χ0n) is 14.5. The zero-order chi connectivity index (χ0) is 17.2. The first-order valence-electron chi connectivity index (χ1n) is 8.85. The summed E-state index contributed by atoms with van der Waals surface area (Å²) in [5.74, 6) is 2.47. The van der Waals surface area contributed by atoms with E-state index in [0.717, 1.165) is 44.0 Å². The topological polar surface area (TPSA) is 74.5 Å². The number of aromatic nitrogens is 2. The Labute approximate surface area is 147 Å². The fraction of sp³-hybridized carbons (Fsp3) is 0.500. The average Bonchev–Trinajstić information content (AvgIpc) is 2.98. The van der Waals surface area contributed by atoms with Crippen LogP contribution in [0.5, 0.6) is 0 Å². The molecule has 4 rings (SSSR count). The van der Waals surface area contributed by atoms with Crippen molar-refractivity contribution >= 4 is 11.7 Å². The highest BCUT2D eigenvalue weighted by molar-refractivity contribution is 5.77. The molecule has 1 N–H and O–H groups in total. The summed E-state index contributed by atoms with van der Waals surface area (Å²) in [5, 5.41) is 3.43. The Morgan fingerprint density at radius 2 is 2.00 bits per heavy atom. The van der Waals surface area contributed by atoms with Gasteiger partial charge in [-0.1, -0.05) is 0 Å². The number of fused-ring (bicyclic) bond motifs is 1. The van der Waals surface area contributed by atoms with Crippen molar-refractivity contribution in [2.24, 2.45) is 0 Å². The van der Waals surface area contributed by atoms with Crippen molar-refractivity contribution in [3.8, 4) is 11.6 Å². The van der Waals surface area contributed by atoms with Crippen LogP contribution < -0.4 is 10.2 Å². The molecule has 1 amide bonds. The number of hydrogen-bond donors (Lipinski definition) is 1. The molecule has 0 aliphatic carbocycles. The first-order chi connectivity index (χ1) is 12.2. The predicted molar refractivity (Wildman–Crippen MR) is 94.5 cm³/mol. The van der Waals surface area contributed by atoms with Gasteiger partial charge in [-0.2, -0.15) is 0 Å². The zero-order valence-corrected chi connectivity index (χ0v) is 14.5. The maximum absolute atomic E-state index is 12.0. The fourth-order valence-electron chi connectivity index (χ4n) is 3.44. The number of furan rings is 1. The van der Waals surface area contributed by atoms with E-state index in [9.17, 15) is 4.79 Å². The quantitative estimate of drug-likeness (QED) is 0.881. The molecule has 2 aliphatic heterocycles. The highest BCUT2D eigenvalue weighted by Crippen LogP contribution is 2.28. The molecule has 2 aliphatic rings. The van der Waals surface area contributed by atoms with E-state index in [0.29, 0.717) is 31.1 Å². The predicted octanol–water partition coefficient (Wildman–Crippen LogP) is 1.09. The van der Waals surface area contributed by atoms with Gasteiger partial charge in [-0.15, -0.1) is 0 Å². The second kappa shape index (κ2) is 6.84. The molecule has 0 radical (unpaired) electrons. The van der Waals surface area contributed by atoms with Crippen molar-refractivity contribution < 1.29 is 9.21 Å². The highest BCUT2D eigenvalue weighted by atomic mass is 16.3. The number of amides is 1. The lowest BCUT2D eigenvalue weighted by Gasteiger charge is -2.25. The second-order valence-corrected chi connectivity index (χ2v) is 6.58. The van der Waals surface area contributed by atoms with Gasteiger partial charge in [0.2, 0.25) is 5.91 Å². The number of hydrogen-bond acceptors (Lipinski definition) is 6. The summed E-state index contributed by atoms with van der Waals surface area (Å²) in [4.78, 5) is 25.7. The molecule has 25 heavy (non-hydrogen) atoms. The minimum atomic E-state index is 0.190. The Balaban J connectivity index is 1.76. The third-order valence-electron chi connectivity index (χ3n) is 4.93. The first-order valence-corrected chi connectivity index (χ1v) is 8.85. The number of nitrogens with one attached hydrogen (secondary N) is 1. The monoisotopic (exact) mass is 341 g/mol. The molecule has 132 valence electrons. The summed E-state index contributed by atoms with van der Waals surface area (Å²) in [5.41, 5.74) is 2.29. The van der Waals surface area contributed by atoms with Crippen LogP contribution in [-0.2, 0) is 17.6 Å².